The highest BCUT2D eigenvalue weighted by atomic mass is 16.7. The largest absolute Gasteiger partial charge is 0.454 e. The average Bonchev–Trinajstić information content (AvgIpc) is 3.55. The van der Waals surface area contributed by atoms with E-state index in [1.54, 1.807) is 18.2 Å². The molecule has 5 rings (SSSR count). The molecule has 30 heavy (non-hydrogen) atoms. The molecule has 2 aromatic rings. The normalized spacial score (nSPS) is 17.5. The molecule has 3 heterocycles. The summed E-state index contributed by atoms with van der Waals surface area (Å²) in [6.45, 7) is 3.69. The highest BCUT2D eigenvalue weighted by Gasteiger charge is 2.26. The number of carbonyl (C=O) groups is 2. The molecule has 2 aromatic carbocycles. The van der Waals surface area contributed by atoms with Crippen LogP contribution in [-0.2, 0) is 0 Å². The van der Waals surface area contributed by atoms with Gasteiger partial charge in [0.25, 0.3) is 11.8 Å². The number of nitrogens with one attached hydrogen (secondary N) is 1. The summed E-state index contributed by atoms with van der Waals surface area (Å²) in [7, 11) is 0. The van der Waals surface area contributed by atoms with Crippen molar-refractivity contribution in [2.75, 3.05) is 43.2 Å². The van der Waals surface area contributed by atoms with Crippen LogP contribution in [0.5, 0.6) is 11.5 Å². The number of nitrogens with zero attached hydrogens (tertiary/aromatic N) is 2. The lowest BCUT2D eigenvalue weighted by atomic mass is 10.1. The van der Waals surface area contributed by atoms with Crippen LogP contribution < -0.4 is 19.7 Å². The third-order valence-corrected chi connectivity index (χ3v) is 5.96. The zero-order valence-corrected chi connectivity index (χ0v) is 16.9. The summed E-state index contributed by atoms with van der Waals surface area (Å²) >= 11 is 0. The van der Waals surface area contributed by atoms with Crippen LogP contribution in [0.2, 0.25) is 0 Å². The monoisotopic (exact) mass is 407 g/mol. The molecule has 2 amide bonds. The van der Waals surface area contributed by atoms with E-state index in [2.05, 4.69) is 10.2 Å². The van der Waals surface area contributed by atoms with Crippen LogP contribution in [0.15, 0.2) is 36.4 Å². The predicted octanol–water partition coefficient (Wildman–Crippen LogP) is 3.50. The van der Waals surface area contributed by atoms with Crippen LogP contribution in [0.1, 0.15) is 46.4 Å². The molecule has 0 saturated carbocycles. The molecular weight excluding hydrogens is 382 g/mol. The van der Waals surface area contributed by atoms with Crippen molar-refractivity contribution in [3.63, 3.8) is 0 Å². The number of fused-ring (bicyclic) bond motifs is 1. The van der Waals surface area contributed by atoms with E-state index >= 15 is 0 Å². The maximum Gasteiger partial charge on any atom is 0.256 e. The van der Waals surface area contributed by atoms with E-state index in [0.29, 0.717) is 28.3 Å². The number of hydrogen-bond donors (Lipinski definition) is 1. The molecule has 0 aliphatic carbocycles. The number of amides is 2. The summed E-state index contributed by atoms with van der Waals surface area (Å²) in [5.74, 6) is 1.01. The first kappa shape index (κ1) is 18.8. The number of anilines is 2. The fourth-order valence-electron chi connectivity index (χ4n) is 4.35. The van der Waals surface area contributed by atoms with Crippen LogP contribution in [0.4, 0.5) is 11.4 Å². The topological polar surface area (TPSA) is 71.1 Å². The Morgan fingerprint density at radius 2 is 1.57 bits per heavy atom. The highest BCUT2D eigenvalue weighted by Crippen LogP contribution is 2.33. The summed E-state index contributed by atoms with van der Waals surface area (Å²) in [5, 5.41) is 2.93. The Morgan fingerprint density at radius 1 is 0.833 bits per heavy atom. The van der Waals surface area contributed by atoms with Crippen molar-refractivity contribution < 1.29 is 19.1 Å². The Bertz CT molecular complexity index is 978. The highest BCUT2D eigenvalue weighted by molar-refractivity contribution is 6.06. The Kier molecular flexibility index (Phi) is 4.94. The third kappa shape index (κ3) is 3.56. The molecule has 7 nitrogen and oxygen atoms in total. The summed E-state index contributed by atoms with van der Waals surface area (Å²) in [5.41, 5.74) is 2.73. The van der Waals surface area contributed by atoms with Crippen LogP contribution in [-0.4, -0.2) is 49.7 Å². The summed E-state index contributed by atoms with van der Waals surface area (Å²) < 4.78 is 10.7. The molecule has 0 bridgehead atoms. The first-order chi connectivity index (χ1) is 14.7. The molecule has 2 fully saturated rings. The molecule has 7 heteroatoms. The minimum absolute atomic E-state index is 0.0496. The lowest BCUT2D eigenvalue weighted by Crippen LogP contribution is -2.30. The van der Waals surface area contributed by atoms with Crippen LogP contribution in [0.25, 0.3) is 0 Å². The number of likely N-dealkylation sites (tertiary alicyclic amines) is 1. The Hall–Kier alpha value is -3.22. The van der Waals surface area contributed by atoms with E-state index in [9.17, 15) is 9.59 Å². The van der Waals surface area contributed by atoms with E-state index in [0.717, 1.165) is 57.5 Å². The van der Waals surface area contributed by atoms with Crippen molar-refractivity contribution in [3.05, 3.63) is 47.5 Å². The Balaban J connectivity index is 1.41. The minimum atomic E-state index is -0.248. The van der Waals surface area contributed by atoms with E-state index in [4.69, 9.17) is 9.47 Å². The first-order valence-corrected chi connectivity index (χ1v) is 10.6. The van der Waals surface area contributed by atoms with Gasteiger partial charge >= 0.3 is 0 Å². The molecule has 1 N–H and O–H groups in total. The van der Waals surface area contributed by atoms with Crippen molar-refractivity contribution in [2.24, 2.45) is 0 Å². The van der Waals surface area contributed by atoms with Gasteiger partial charge in [0.05, 0.1) is 5.56 Å². The Morgan fingerprint density at radius 3 is 2.37 bits per heavy atom. The van der Waals surface area contributed by atoms with Crippen molar-refractivity contribution in [3.8, 4) is 11.5 Å². The zero-order chi connectivity index (χ0) is 20.5. The molecule has 3 aliphatic rings. The van der Waals surface area contributed by atoms with Crippen LogP contribution in [0, 0.1) is 0 Å². The molecule has 0 atom stereocenters. The number of carbonyl (C=O) groups excluding carboxylic acids is 2. The molecular formula is C23H25N3O4. The van der Waals surface area contributed by atoms with Crippen molar-refractivity contribution >= 4 is 23.2 Å². The fourth-order valence-corrected chi connectivity index (χ4v) is 4.35. The lowest BCUT2D eigenvalue weighted by Gasteiger charge is -2.24. The second-order valence-corrected chi connectivity index (χ2v) is 7.95. The molecule has 3 aliphatic heterocycles. The second-order valence-electron chi connectivity index (χ2n) is 7.95. The van der Waals surface area contributed by atoms with E-state index in [1.807, 2.05) is 23.1 Å². The van der Waals surface area contributed by atoms with Gasteiger partial charge in [-0.1, -0.05) is 0 Å². The van der Waals surface area contributed by atoms with Gasteiger partial charge in [-0.2, -0.15) is 0 Å². The quantitative estimate of drug-likeness (QED) is 0.840. The first-order valence-electron chi connectivity index (χ1n) is 10.6. The van der Waals surface area contributed by atoms with Gasteiger partial charge in [-0.15, -0.1) is 0 Å². The van der Waals surface area contributed by atoms with Gasteiger partial charge in [0.15, 0.2) is 11.5 Å². The smallest absolute Gasteiger partial charge is 0.256 e. The number of rotatable bonds is 4. The number of benzene rings is 2. The van der Waals surface area contributed by atoms with Gasteiger partial charge in [-0.25, -0.2) is 0 Å². The SMILES string of the molecule is O=C(Nc1ccc(N2CCCC2)c(C(=O)N2CCCC2)c1)c1ccc2c(c1)OCO2. The molecule has 2 saturated heterocycles. The summed E-state index contributed by atoms with van der Waals surface area (Å²) in [4.78, 5) is 30.2. The molecule has 0 aromatic heterocycles. The van der Waals surface area contributed by atoms with E-state index in [-0.39, 0.29) is 18.6 Å². The van der Waals surface area contributed by atoms with E-state index in [1.165, 1.54) is 0 Å². The maximum absolute atomic E-state index is 13.2. The molecule has 0 unspecified atom stereocenters. The maximum atomic E-state index is 13.2. The average molecular weight is 407 g/mol. The molecule has 156 valence electrons. The van der Waals surface area contributed by atoms with Gasteiger partial charge < -0.3 is 24.6 Å². The standard InChI is InChI=1S/C23H25N3O4/c27-22(16-5-8-20-21(13-16)30-15-29-20)24-17-6-7-19(25-9-1-2-10-25)18(14-17)23(28)26-11-3-4-12-26/h5-8,13-14H,1-4,9-12,15H2,(H,24,27). The number of ether oxygens (including phenoxy) is 2. The van der Waals surface area contributed by atoms with Crippen molar-refractivity contribution in [2.45, 2.75) is 25.7 Å². The van der Waals surface area contributed by atoms with E-state index < -0.39 is 0 Å². The number of hydrogen-bond acceptors (Lipinski definition) is 5. The fraction of sp³-hybridized carbons (Fsp3) is 0.391. The van der Waals surface area contributed by atoms with Gasteiger partial charge in [-0.3, -0.25) is 9.59 Å². The summed E-state index contributed by atoms with van der Waals surface area (Å²) in [6, 6.07) is 10.8. The summed E-state index contributed by atoms with van der Waals surface area (Å²) in [6.07, 6.45) is 4.37. The van der Waals surface area contributed by atoms with Crippen LogP contribution >= 0.6 is 0 Å². The lowest BCUT2D eigenvalue weighted by molar-refractivity contribution is 0.0793. The van der Waals surface area contributed by atoms with Crippen molar-refractivity contribution in [1.29, 1.82) is 0 Å². The van der Waals surface area contributed by atoms with Crippen LogP contribution in [0.3, 0.4) is 0 Å². The van der Waals surface area contributed by atoms with Gasteiger partial charge in [-0.05, 0) is 62.1 Å². The minimum Gasteiger partial charge on any atom is -0.454 e. The molecule has 0 spiro atoms. The van der Waals surface area contributed by atoms with Gasteiger partial charge in [0, 0.05) is 43.1 Å². The van der Waals surface area contributed by atoms with Gasteiger partial charge in [0.2, 0.25) is 6.79 Å². The zero-order valence-electron chi connectivity index (χ0n) is 16.9. The van der Waals surface area contributed by atoms with Gasteiger partial charge in [0.1, 0.15) is 0 Å². The molecule has 0 radical (unpaired) electrons. The van der Waals surface area contributed by atoms with Crippen molar-refractivity contribution in [1.82, 2.24) is 4.90 Å². The predicted molar refractivity (Wildman–Crippen MR) is 114 cm³/mol. The Labute approximate surface area is 175 Å². The third-order valence-electron chi connectivity index (χ3n) is 5.96. The second kappa shape index (κ2) is 7.89.